The van der Waals surface area contributed by atoms with Crippen LogP contribution in [-0.2, 0) is 9.53 Å². The average Bonchev–Trinajstić information content (AvgIpc) is 3.03. The van der Waals surface area contributed by atoms with Crippen molar-refractivity contribution in [1.82, 2.24) is 4.90 Å². The highest BCUT2D eigenvalue weighted by molar-refractivity contribution is 6.43. The third-order valence-corrected chi connectivity index (χ3v) is 5.99. The monoisotopic (exact) mass is 501 g/mol. The van der Waals surface area contributed by atoms with E-state index >= 15 is 0 Å². The minimum Gasteiger partial charge on any atom is -0.448 e. The lowest BCUT2D eigenvalue weighted by Crippen LogP contribution is -2.36. The Morgan fingerprint density at radius 3 is 1.91 bits per heavy atom. The van der Waals surface area contributed by atoms with Crippen LogP contribution in [0.4, 0.5) is 0 Å². The molecule has 0 saturated carbocycles. The van der Waals surface area contributed by atoms with Gasteiger partial charge in [0.25, 0.3) is 11.8 Å². The SMILES string of the molecule is O=C(CN1C(=O)c2cc(Cl)c(Cl)cc2C1=O)O[C@H](C(=O)c1ccccc1)c1ccc(Cl)cc1. The second-order valence-electron chi connectivity index (χ2n) is 7.16. The van der Waals surface area contributed by atoms with E-state index in [1.807, 2.05) is 0 Å². The first-order chi connectivity index (χ1) is 15.8. The molecule has 3 aromatic rings. The summed E-state index contributed by atoms with van der Waals surface area (Å²) in [5.41, 5.74) is 0.798. The molecular weight excluding hydrogens is 489 g/mol. The minimum atomic E-state index is -1.30. The van der Waals surface area contributed by atoms with Crippen molar-refractivity contribution in [2.24, 2.45) is 0 Å². The highest BCUT2D eigenvalue weighted by Crippen LogP contribution is 2.32. The van der Waals surface area contributed by atoms with Gasteiger partial charge in [-0.05, 0) is 24.3 Å². The first-order valence-electron chi connectivity index (χ1n) is 9.65. The summed E-state index contributed by atoms with van der Waals surface area (Å²) >= 11 is 17.8. The number of ether oxygens (including phenoxy) is 1. The summed E-state index contributed by atoms with van der Waals surface area (Å²) in [5, 5.41) is 0.661. The van der Waals surface area contributed by atoms with E-state index in [0.29, 0.717) is 16.1 Å². The number of hydrogen-bond donors (Lipinski definition) is 0. The van der Waals surface area contributed by atoms with Gasteiger partial charge in [-0.15, -0.1) is 0 Å². The predicted octanol–water partition coefficient (Wildman–Crippen LogP) is 5.41. The Bertz CT molecular complexity index is 1230. The van der Waals surface area contributed by atoms with Gasteiger partial charge in [0, 0.05) is 16.1 Å². The number of fused-ring (bicyclic) bond motifs is 1. The number of Topliss-reactive ketones (excluding diaryl/α,β-unsaturated/α-hetero) is 1. The van der Waals surface area contributed by atoms with Gasteiger partial charge in [-0.2, -0.15) is 0 Å². The maximum Gasteiger partial charge on any atom is 0.327 e. The van der Waals surface area contributed by atoms with Gasteiger partial charge in [0.2, 0.25) is 5.78 Å². The summed E-state index contributed by atoms with van der Waals surface area (Å²) in [6.45, 7) is -0.687. The molecule has 9 heteroatoms. The number of rotatable bonds is 6. The molecule has 0 spiro atoms. The topological polar surface area (TPSA) is 80.8 Å². The first kappa shape index (κ1) is 23.0. The lowest BCUT2D eigenvalue weighted by molar-refractivity contribution is -0.147. The van der Waals surface area contributed by atoms with Crippen LogP contribution in [0.5, 0.6) is 0 Å². The lowest BCUT2D eigenvalue weighted by atomic mass is 10.00. The molecule has 1 aliphatic rings. The number of imide groups is 1. The summed E-state index contributed by atoms with van der Waals surface area (Å²) in [5.74, 6) is -2.82. The van der Waals surface area contributed by atoms with Crippen molar-refractivity contribution in [3.05, 3.63) is 104 Å². The van der Waals surface area contributed by atoms with E-state index in [0.717, 1.165) is 4.90 Å². The quantitative estimate of drug-likeness (QED) is 0.256. The van der Waals surface area contributed by atoms with Crippen LogP contribution in [0.2, 0.25) is 15.1 Å². The Morgan fingerprint density at radius 1 is 0.818 bits per heavy atom. The number of esters is 1. The molecule has 1 aliphatic heterocycles. The second kappa shape index (κ2) is 9.35. The second-order valence-corrected chi connectivity index (χ2v) is 8.41. The largest absolute Gasteiger partial charge is 0.448 e. The van der Waals surface area contributed by atoms with Crippen LogP contribution in [-0.4, -0.2) is 35.0 Å². The van der Waals surface area contributed by atoms with Gasteiger partial charge < -0.3 is 4.74 Å². The van der Waals surface area contributed by atoms with Crippen molar-refractivity contribution in [2.45, 2.75) is 6.10 Å². The lowest BCUT2D eigenvalue weighted by Gasteiger charge is -2.19. The van der Waals surface area contributed by atoms with Gasteiger partial charge in [-0.1, -0.05) is 77.3 Å². The summed E-state index contributed by atoms with van der Waals surface area (Å²) < 4.78 is 5.47. The number of benzene rings is 3. The first-order valence-corrected chi connectivity index (χ1v) is 10.8. The number of nitrogens with zero attached hydrogens (tertiary/aromatic N) is 1. The van der Waals surface area contributed by atoms with Crippen LogP contribution >= 0.6 is 34.8 Å². The molecule has 0 unspecified atom stereocenters. The zero-order valence-electron chi connectivity index (χ0n) is 16.8. The molecule has 1 heterocycles. The number of hydrogen-bond acceptors (Lipinski definition) is 5. The van der Waals surface area contributed by atoms with E-state index in [9.17, 15) is 19.2 Å². The smallest absolute Gasteiger partial charge is 0.327 e. The molecule has 0 aromatic heterocycles. The van der Waals surface area contributed by atoms with E-state index in [1.54, 1.807) is 54.6 Å². The van der Waals surface area contributed by atoms with E-state index in [1.165, 1.54) is 12.1 Å². The van der Waals surface area contributed by atoms with Crippen LogP contribution in [0.15, 0.2) is 66.7 Å². The van der Waals surface area contributed by atoms with Crippen molar-refractivity contribution in [3.63, 3.8) is 0 Å². The molecule has 4 rings (SSSR count). The van der Waals surface area contributed by atoms with E-state index < -0.39 is 36.2 Å². The number of carbonyl (C=O) groups excluding carboxylic acids is 4. The zero-order chi connectivity index (χ0) is 23.7. The standard InChI is InChI=1S/C24H14Cl3NO5/c25-15-8-6-14(7-9-15)22(21(30)13-4-2-1-3-5-13)33-20(29)12-28-23(31)16-10-18(26)19(27)11-17(16)24(28)32/h1-11,22H,12H2/t22-/m0/s1. The van der Waals surface area contributed by atoms with Crippen LogP contribution < -0.4 is 0 Å². The predicted molar refractivity (Wildman–Crippen MR) is 123 cm³/mol. The molecule has 166 valence electrons. The Labute approximate surface area is 203 Å². The Hall–Kier alpha value is -3.19. The molecule has 3 aromatic carbocycles. The fraction of sp³-hybridized carbons (Fsp3) is 0.0833. The van der Waals surface area contributed by atoms with Crippen molar-refractivity contribution < 1.29 is 23.9 Å². The molecule has 0 saturated heterocycles. The van der Waals surface area contributed by atoms with Gasteiger partial charge in [-0.25, -0.2) is 0 Å². The van der Waals surface area contributed by atoms with E-state index in [2.05, 4.69) is 0 Å². The number of ketones is 1. The van der Waals surface area contributed by atoms with Gasteiger partial charge in [0.15, 0.2) is 6.10 Å². The third-order valence-electron chi connectivity index (χ3n) is 5.02. The number of carbonyl (C=O) groups is 4. The Kier molecular flexibility index (Phi) is 6.51. The normalized spacial score (nSPS) is 13.6. The highest BCUT2D eigenvalue weighted by atomic mass is 35.5. The van der Waals surface area contributed by atoms with Crippen LogP contribution in [0, 0.1) is 0 Å². The number of amides is 2. The van der Waals surface area contributed by atoms with Gasteiger partial charge in [-0.3, -0.25) is 24.1 Å². The molecule has 0 aliphatic carbocycles. The third kappa shape index (κ3) is 4.64. The van der Waals surface area contributed by atoms with E-state index in [4.69, 9.17) is 39.5 Å². The maximum absolute atomic E-state index is 13.1. The van der Waals surface area contributed by atoms with Crippen molar-refractivity contribution in [2.75, 3.05) is 6.54 Å². The number of halogens is 3. The molecule has 0 bridgehead atoms. The molecule has 0 N–H and O–H groups in total. The molecular formula is C24H14Cl3NO5. The van der Waals surface area contributed by atoms with Gasteiger partial charge in [0.1, 0.15) is 6.54 Å². The molecule has 6 nitrogen and oxygen atoms in total. The molecule has 2 amide bonds. The maximum atomic E-state index is 13.1. The van der Waals surface area contributed by atoms with E-state index in [-0.39, 0.29) is 21.2 Å². The van der Waals surface area contributed by atoms with Gasteiger partial charge >= 0.3 is 5.97 Å². The fourth-order valence-corrected chi connectivity index (χ4v) is 3.84. The molecule has 0 radical (unpaired) electrons. The summed E-state index contributed by atoms with van der Waals surface area (Å²) in [6, 6.07) is 17.1. The summed E-state index contributed by atoms with van der Waals surface area (Å²) in [4.78, 5) is 51.9. The molecule has 0 fully saturated rings. The van der Waals surface area contributed by atoms with Crippen molar-refractivity contribution >= 4 is 58.4 Å². The minimum absolute atomic E-state index is 0.0387. The van der Waals surface area contributed by atoms with Crippen LogP contribution in [0.1, 0.15) is 42.7 Å². The van der Waals surface area contributed by atoms with Gasteiger partial charge in [0.05, 0.1) is 21.2 Å². The van der Waals surface area contributed by atoms with Crippen molar-refractivity contribution in [3.8, 4) is 0 Å². The fourth-order valence-electron chi connectivity index (χ4n) is 3.39. The Balaban J connectivity index is 1.57. The Morgan fingerprint density at radius 2 is 1.36 bits per heavy atom. The molecule has 33 heavy (non-hydrogen) atoms. The van der Waals surface area contributed by atoms with Crippen molar-refractivity contribution in [1.29, 1.82) is 0 Å². The van der Waals surface area contributed by atoms with Crippen LogP contribution in [0.25, 0.3) is 0 Å². The zero-order valence-corrected chi connectivity index (χ0v) is 19.0. The van der Waals surface area contributed by atoms with Crippen LogP contribution in [0.3, 0.4) is 0 Å². The highest BCUT2D eigenvalue weighted by Gasteiger charge is 2.38. The average molecular weight is 503 g/mol. The summed E-state index contributed by atoms with van der Waals surface area (Å²) in [6.07, 6.45) is -1.30. The summed E-state index contributed by atoms with van der Waals surface area (Å²) in [7, 11) is 0. The molecule has 1 atom stereocenters.